The van der Waals surface area contributed by atoms with Crippen LogP contribution in [-0.4, -0.2) is 10.8 Å². The van der Waals surface area contributed by atoms with Crippen LogP contribution >= 0.6 is 11.3 Å². The molecule has 1 aromatic heterocycles. The lowest BCUT2D eigenvalue weighted by Crippen LogP contribution is -2.13. The van der Waals surface area contributed by atoms with E-state index in [0.29, 0.717) is 19.3 Å². The van der Waals surface area contributed by atoms with Crippen LogP contribution in [0.1, 0.15) is 35.1 Å². The monoisotopic (exact) mass is 274 g/mol. The summed E-state index contributed by atoms with van der Waals surface area (Å²) in [6.45, 7) is 1.94. The van der Waals surface area contributed by atoms with E-state index >= 15 is 0 Å². The van der Waals surface area contributed by atoms with Crippen LogP contribution in [0.3, 0.4) is 0 Å². The van der Waals surface area contributed by atoms with Gasteiger partial charge in [-0.15, -0.1) is 11.3 Å². The Morgan fingerprint density at radius 2 is 2.11 bits per heavy atom. The molecule has 0 radical (unpaired) electrons. The van der Waals surface area contributed by atoms with Crippen molar-refractivity contribution in [1.29, 1.82) is 0 Å². The summed E-state index contributed by atoms with van der Waals surface area (Å²) < 4.78 is 0. The molecule has 0 amide bonds. The summed E-state index contributed by atoms with van der Waals surface area (Å²) in [7, 11) is 0. The lowest BCUT2D eigenvalue weighted by molar-refractivity contribution is -0.118. The predicted molar refractivity (Wildman–Crippen MR) is 78.2 cm³/mol. The number of hydrogen-bond acceptors (Lipinski definition) is 4. The Labute approximate surface area is 117 Å². The number of carbonyl (C=O) groups is 1. The van der Waals surface area contributed by atoms with E-state index in [1.54, 1.807) is 11.3 Å². The minimum absolute atomic E-state index is 0.0665. The number of nitrogens with two attached hydrogens (primary N) is 1. The maximum Gasteiger partial charge on any atom is 0.139 e. The van der Waals surface area contributed by atoms with E-state index in [-0.39, 0.29) is 11.8 Å². The number of aromatic nitrogens is 1. The van der Waals surface area contributed by atoms with E-state index in [0.717, 1.165) is 16.3 Å². The van der Waals surface area contributed by atoms with Crippen molar-refractivity contribution >= 4 is 17.1 Å². The molecule has 3 nitrogen and oxygen atoms in total. The third kappa shape index (κ3) is 4.26. The lowest BCUT2D eigenvalue weighted by atomic mass is 10.0. The molecule has 1 heterocycles. The fourth-order valence-corrected chi connectivity index (χ4v) is 2.72. The molecule has 0 aliphatic carbocycles. The number of ketones is 1. The van der Waals surface area contributed by atoms with Crippen molar-refractivity contribution in [3.8, 4) is 0 Å². The van der Waals surface area contributed by atoms with E-state index < -0.39 is 0 Å². The summed E-state index contributed by atoms with van der Waals surface area (Å²) in [6.07, 6.45) is 1.63. The van der Waals surface area contributed by atoms with Crippen LogP contribution in [0, 0.1) is 6.92 Å². The van der Waals surface area contributed by atoms with Gasteiger partial charge in [0.25, 0.3) is 0 Å². The smallest absolute Gasteiger partial charge is 0.139 e. The van der Waals surface area contributed by atoms with Crippen LogP contribution in [0.5, 0.6) is 0 Å². The van der Waals surface area contributed by atoms with Crippen molar-refractivity contribution in [2.45, 2.75) is 32.2 Å². The van der Waals surface area contributed by atoms with Gasteiger partial charge < -0.3 is 5.73 Å². The normalized spacial score (nSPS) is 12.3. The van der Waals surface area contributed by atoms with Crippen molar-refractivity contribution in [2.24, 2.45) is 5.73 Å². The first kappa shape index (κ1) is 13.9. The first-order valence-corrected chi connectivity index (χ1v) is 7.26. The lowest BCUT2D eigenvalue weighted by Gasteiger charge is -2.10. The zero-order valence-corrected chi connectivity index (χ0v) is 11.8. The van der Waals surface area contributed by atoms with Gasteiger partial charge in [-0.3, -0.25) is 4.79 Å². The molecule has 100 valence electrons. The highest BCUT2D eigenvalue weighted by molar-refractivity contribution is 7.09. The molecule has 19 heavy (non-hydrogen) atoms. The fourth-order valence-electron chi connectivity index (χ4n) is 1.92. The average Bonchev–Trinajstić information content (AvgIpc) is 2.82. The molecule has 1 atom stereocenters. The third-order valence-corrected chi connectivity index (χ3v) is 3.94. The van der Waals surface area contributed by atoms with E-state index in [4.69, 9.17) is 5.73 Å². The Hall–Kier alpha value is -1.52. The molecule has 0 aliphatic rings. The zero-order valence-electron chi connectivity index (χ0n) is 11.0. The highest BCUT2D eigenvalue weighted by Gasteiger charge is 2.11. The van der Waals surface area contributed by atoms with Crippen LogP contribution in [0.4, 0.5) is 0 Å². The number of thiazole rings is 1. The second kappa shape index (κ2) is 6.59. The number of carbonyl (C=O) groups excluding carboxylic acids is 1. The van der Waals surface area contributed by atoms with Gasteiger partial charge in [-0.1, -0.05) is 30.3 Å². The summed E-state index contributed by atoms with van der Waals surface area (Å²) in [4.78, 5) is 16.2. The van der Waals surface area contributed by atoms with E-state index in [2.05, 4.69) is 4.98 Å². The Kier molecular flexibility index (Phi) is 4.82. The van der Waals surface area contributed by atoms with E-state index in [9.17, 15) is 4.79 Å². The number of nitrogens with zero attached hydrogens (tertiary/aromatic N) is 1. The van der Waals surface area contributed by atoms with Crippen molar-refractivity contribution in [1.82, 2.24) is 4.98 Å². The fraction of sp³-hybridized carbons (Fsp3) is 0.333. The molecular formula is C15H18N2OS. The van der Waals surface area contributed by atoms with Gasteiger partial charge in [-0.05, 0) is 18.9 Å². The number of Topliss-reactive ketones (excluding diaryl/α,β-unsaturated/α-hetero) is 1. The predicted octanol–water partition coefficient (Wildman–Crippen LogP) is 3.04. The Balaban J connectivity index is 1.80. The van der Waals surface area contributed by atoms with Crippen LogP contribution in [-0.2, 0) is 11.2 Å². The highest BCUT2D eigenvalue weighted by Crippen LogP contribution is 2.17. The largest absolute Gasteiger partial charge is 0.324 e. The van der Waals surface area contributed by atoms with E-state index in [1.165, 1.54) is 0 Å². The zero-order chi connectivity index (χ0) is 13.7. The topological polar surface area (TPSA) is 56.0 Å². The van der Waals surface area contributed by atoms with Gasteiger partial charge >= 0.3 is 0 Å². The second-order valence-electron chi connectivity index (χ2n) is 4.65. The molecule has 0 saturated carbocycles. The van der Waals surface area contributed by atoms with Gasteiger partial charge in [0.1, 0.15) is 10.8 Å². The molecule has 0 bridgehead atoms. The van der Waals surface area contributed by atoms with E-state index in [1.807, 2.05) is 42.6 Å². The van der Waals surface area contributed by atoms with Gasteiger partial charge in [0.05, 0.1) is 6.42 Å². The quantitative estimate of drug-likeness (QED) is 0.881. The van der Waals surface area contributed by atoms with Crippen molar-refractivity contribution in [2.75, 3.05) is 0 Å². The summed E-state index contributed by atoms with van der Waals surface area (Å²) >= 11 is 1.55. The number of hydrogen-bond donors (Lipinski definition) is 1. The van der Waals surface area contributed by atoms with Crippen LogP contribution in [0.25, 0.3) is 0 Å². The SMILES string of the molecule is Cc1csc(CC(=O)CCC(N)c2ccccc2)n1. The Morgan fingerprint density at radius 3 is 2.74 bits per heavy atom. The first-order valence-electron chi connectivity index (χ1n) is 6.38. The Morgan fingerprint density at radius 1 is 1.37 bits per heavy atom. The molecule has 0 spiro atoms. The van der Waals surface area contributed by atoms with Crippen molar-refractivity contribution in [3.05, 3.63) is 52.0 Å². The second-order valence-corrected chi connectivity index (χ2v) is 5.60. The first-order chi connectivity index (χ1) is 9.15. The minimum atomic E-state index is -0.0665. The maximum absolute atomic E-state index is 11.9. The summed E-state index contributed by atoms with van der Waals surface area (Å²) in [5.41, 5.74) is 8.14. The maximum atomic E-state index is 11.9. The standard InChI is InChI=1S/C15H18N2OS/c1-11-10-19-15(17-11)9-13(18)7-8-14(16)12-5-3-2-4-6-12/h2-6,10,14H,7-9,16H2,1H3. The number of benzene rings is 1. The highest BCUT2D eigenvalue weighted by atomic mass is 32.1. The number of rotatable bonds is 6. The molecule has 2 rings (SSSR count). The van der Waals surface area contributed by atoms with Crippen LogP contribution < -0.4 is 5.73 Å². The average molecular weight is 274 g/mol. The molecule has 1 unspecified atom stereocenters. The van der Waals surface area contributed by atoms with Crippen LogP contribution in [0.2, 0.25) is 0 Å². The van der Waals surface area contributed by atoms with Gasteiger partial charge in [0.2, 0.25) is 0 Å². The summed E-state index contributed by atoms with van der Waals surface area (Å²) in [5.74, 6) is 0.209. The summed E-state index contributed by atoms with van der Waals surface area (Å²) in [6, 6.07) is 9.83. The van der Waals surface area contributed by atoms with Gasteiger partial charge in [0, 0.05) is 23.5 Å². The van der Waals surface area contributed by atoms with Crippen molar-refractivity contribution < 1.29 is 4.79 Å². The molecular weight excluding hydrogens is 256 g/mol. The van der Waals surface area contributed by atoms with Crippen LogP contribution in [0.15, 0.2) is 35.7 Å². The third-order valence-electron chi connectivity index (χ3n) is 2.98. The number of aryl methyl sites for hydroxylation is 1. The van der Waals surface area contributed by atoms with Gasteiger partial charge in [-0.25, -0.2) is 4.98 Å². The molecule has 2 aromatic rings. The molecule has 0 aliphatic heterocycles. The molecule has 1 aromatic carbocycles. The molecule has 0 fully saturated rings. The molecule has 4 heteroatoms. The molecule has 2 N–H and O–H groups in total. The Bertz CT molecular complexity index is 536. The van der Waals surface area contributed by atoms with Crippen molar-refractivity contribution in [3.63, 3.8) is 0 Å². The summed E-state index contributed by atoms with van der Waals surface area (Å²) in [5, 5.41) is 2.87. The van der Waals surface area contributed by atoms with Gasteiger partial charge in [0.15, 0.2) is 0 Å². The minimum Gasteiger partial charge on any atom is -0.324 e. The van der Waals surface area contributed by atoms with Gasteiger partial charge in [-0.2, -0.15) is 0 Å². The molecule has 0 saturated heterocycles.